The normalized spacial score (nSPS) is 10.4. The molecule has 0 aliphatic carbocycles. The molecule has 4 nitrogen and oxygen atoms in total. The van der Waals surface area contributed by atoms with Gasteiger partial charge in [-0.3, -0.25) is 4.57 Å². The van der Waals surface area contributed by atoms with E-state index in [0.29, 0.717) is 0 Å². The van der Waals surface area contributed by atoms with Crippen molar-refractivity contribution >= 4 is 0 Å². The minimum Gasteiger partial charge on any atom is -0.330 e. The van der Waals surface area contributed by atoms with Crippen molar-refractivity contribution < 1.29 is 0 Å². The SMILES string of the molecule is Cc1cnc(=O)n(CCCCCN)c1. The van der Waals surface area contributed by atoms with Crippen molar-refractivity contribution in [2.24, 2.45) is 5.73 Å². The highest BCUT2D eigenvalue weighted by Crippen LogP contribution is 1.97. The summed E-state index contributed by atoms with van der Waals surface area (Å²) in [6.07, 6.45) is 6.52. The summed E-state index contributed by atoms with van der Waals surface area (Å²) in [6.45, 7) is 3.40. The molecule has 1 aromatic rings. The van der Waals surface area contributed by atoms with Crippen molar-refractivity contribution in [3.8, 4) is 0 Å². The van der Waals surface area contributed by atoms with Gasteiger partial charge in [-0.25, -0.2) is 9.78 Å². The highest BCUT2D eigenvalue weighted by molar-refractivity contribution is 4.99. The van der Waals surface area contributed by atoms with E-state index >= 15 is 0 Å². The Morgan fingerprint density at radius 2 is 2.21 bits per heavy atom. The van der Waals surface area contributed by atoms with Crippen LogP contribution in [0.25, 0.3) is 0 Å². The molecule has 0 unspecified atom stereocenters. The molecule has 14 heavy (non-hydrogen) atoms. The maximum atomic E-state index is 11.3. The van der Waals surface area contributed by atoms with Crippen molar-refractivity contribution in [1.82, 2.24) is 9.55 Å². The molecule has 0 spiro atoms. The average molecular weight is 195 g/mol. The number of aromatic nitrogens is 2. The van der Waals surface area contributed by atoms with Crippen LogP contribution in [0.15, 0.2) is 17.2 Å². The predicted molar refractivity (Wildman–Crippen MR) is 56.1 cm³/mol. The van der Waals surface area contributed by atoms with E-state index in [-0.39, 0.29) is 5.69 Å². The lowest BCUT2D eigenvalue weighted by Gasteiger charge is -2.04. The lowest BCUT2D eigenvalue weighted by Crippen LogP contribution is -2.22. The van der Waals surface area contributed by atoms with Crippen LogP contribution in [-0.4, -0.2) is 16.1 Å². The topological polar surface area (TPSA) is 60.9 Å². The Labute approximate surface area is 83.8 Å². The number of rotatable bonds is 5. The smallest absolute Gasteiger partial charge is 0.330 e. The molecule has 0 amide bonds. The van der Waals surface area contributed by atoms with Gasteiger partial charge in [-0.15, -0.1) is 0 Å². The maximum Gasteiger partial charge on any atom is 0.347 e. The summed E-state index contributed by atoms with van der Waals surface area (Å²) in [5.74, 6) is 0. The van der Waals surface area contributed by atoms with Gasteiger partial charge < -0.3 is 5.73 Å². The van der Waals surface area contributed by atoms with Crippen molar-refractivity contribution in [2.45, 2.75) is 32.7 Å². The summed E-state index contributed by atoms with van der Waals surface area (Å²) >= 11 is 0. The molecule has 1 aromatic heterocycles. The second kappa shape index (κ2) is 5.54. The summed E-state index contributed by atoms with van der Waals surface area (Å²) < 4.78 is 1.66. The van der Waals surface area contributed by atoms with Crippen molar-refractivity contribution in [3.63, 3.8) is 0 Å². The average Bonchev–Trinajstić information content (AvgIpc) is 2.18. The van der Waals surface area contributed by atoms with E-state index in [0.717, 1.165) is 37.9 Å². The highest BCUT2D eigenvalue weighted by atomic mass is 16.1. The molecule has 2 N–H and O–H groups in total. The standard InChI is InChI=1S/C10H17N3O/c1-9-7-12-10(14)13(8-9)6-4-2-3-5-11/h7-8H,2-6,11H2,1H3. The lowest BCUT2D eigenvalue weighted by atomic mass is 10.2. The fourth-order valence-electron chi connectivity index (χ4n) is 1.33. The zero-order valence-electron chi connectivity index (χ0n) is 8.57. The van der Waals surface area contributed by atoms with E-state index in [1.54, 1.807) is 10.8 Å². The zero-order valence-corrected chi connectivity index (χ0v) is 8.57. The Morgan fingerprint density at radius 3 is 2.93 bits per heavy atom. The van der Waals surface area contributed by atoms with Gasteiger partial charge in [0, 0.05) is 18.9 Å². The van der Waals surface area contributed by atoms with Crippen molar-refractivity contribution in [2.75, 3.05) is 6.54 Å². The lowest BCUT2D eigenvalue weighted by molar-refractivity contribution is 0.567. The van der Waals surface area contributed by atoms with Crippen LogP contribution < -0.4 is 11.4 Å². The van der Waals surface area contributed by atoms with Gasteiger partial charge in [0.1, 0.15) is 0 Å². The van der Waals surface area contributed by atoms with Crippen LogP contribution in [0.3, 0.4) is 0 Å². The molecule has 0 radical (unpaired) electrons. The molecule has 0 bridgehead atoms. The van der Waals surface area contributed by atoms with E-state index in [1.807, 2.05) is 13.1 Å². The number of hydrogen-bond donors (Lipinski definition) is 1. The number of nitrogens with zero attached hydrogens (tertiary/aromatic N) is 2. The molecule has 1 rings (SSSR count). The molecule has 0 aliphatic heterocycles. The molecule has 4 heteroatoms. The number of unbranched alkanes of at least 4 members (excludes halogenated alkanes) is 2. The van der Waals surface area contributed by atoms with Gasteiger partial charge in [0.25, 0.3) is 0 Å². The van der Waals surface area contributed by atoms with Gasteiger partial charge >= 0.3 is 5.69 Å². The molecule has 0 fully saturated rings. The van der Waals surface area contributed by atoms with E-state index in [1.165, 1.54) is 0 Å². The monoisotopic (exact) mass is 195 g/mol. The van der Waals surface area contributed by atoms with E-state index in [2.05, 4.69) is 4.98 Å². The Bertz CT molecular complexity index is 332. The molecule has 78 valence electrons. The van der Waals surface area contributed by atoms with E-state index in [4.69, 9.17) is 5.73 Å². The third-order valence-electron chi connectivity index (χ3n) is 2.09. The first-order valence-corrected chi connectivity index (χ1v) is 4.97. The van der Waals surface area contributed by atoms with Crippen LogP contribution in [0, 0.1) is 6.92 Å². The first-order valence-electron chi connectivity index (χ1n) is 4.97. The van der Waals surface area contributed by atoms with Crippen LogP contribution in [0.5, 0.6) is 0 Å². The fraction of sp³-hybridized carbons (Fsp3) is 0.600. The largest absolute Gasteiger partial charge is 0.347 e. The summed E-state index contributed by atoms with van der Waals surface area (Å²) in [5, 5.41) is 0. The Kier molecular flexibility index (Phi) is 4.32. The third-order valence-corrected chi connectivity index (χ3v) is 2.09. The molecule has 1 heterocycles. The Balaban J connectivity index is 2.49. The van der Waals surface area contributed by atoms with Crippen molar-refractivity contribution in [1.29, 1.82) is 0 Å². The number of hydrogen-bond acceptors (Lipinski definition) is 3. The minimum atomic E-state index is -0.164. The predicted octanol–water partition coefficient (Wildman–Crippen LogP) is 0.681. The van der Waals surface area contributed by atoms with Gasteiger partial charge in [-0.05, 0) is 31.9 Å². The van der Waals surface area contributed by atoms with Crippen molar-refractivity contribution in [3.05, 3.63) is 28.4 Å². The molecular weight excluding hydrogens is 178 g/mol. The van der Waals surface area contributed by atoms with Gasteiger partial charge in [0.2, 0.25) is 0 Å². The highest BCUT2D eigenvalue weighted by Gasteiger charge is 1.96. The molecule has 0 aromatic carbocycles. The minimum absolute atomic E-state index is 0.164. The van der Waals surface area contributed by atoms with E-state index < -0.39 is 0 Å². The van der Waals surface area contributed by atoms with Crippen LogP contribution in [0.1, 0.15) is 24.8 Å². The molecule has 0 saturated heterocycles. The second-order valence-electron chi connectivity index (χ2n) is 3.46. The molecule has 0 atom stereocenters. The quantitative estimate of drug-likeness (QED) is 0.703. The van der Waals surface area contributed by atoms with Crippen LogP contribution >= 0.6 is 0 Å². The molecule has 0 aliphatic rings. The Morgan fingerprint density at radius 1 is 1.43 bits per heavy atom. The Hall–Kier alpha value is -1.16. The fourth-order valence-corrected chi connectivity index (χ4v) is 1.33. The van der Waals surface area contributed by atoms with Crippen LogP contribution in [0.2, 0.25) is 0 Å². The van der Waals surface area contributed by atoms with Gasteiger partial charge in [-0.2, -0.15) is 0 Å². The van der Waals surface area contributed by atoms with Crippen LogP contribution in [0.4, 0.5) is 0 Å². The first-order chi connectivity index (χ1) is 6.74. The summed E-state index contributed by atoms with van der Waals surface area (Å²) in [7, 11) is 0. The molecular formula is C10H17N3O. The van der Waals surface area contributed by atoms with Gasteiger partial charge in [-0.1, -0.05) is 6.42 Å². The van der Waals surface area contributed by atoms with Crippen LogP contribution in [-0.2, 0) is 6.54 Å². The third kappa shape index (κ3) is 3.30. The first kappa shape index (κ1) is 10.9. The summed E-state index contributed by atoms with van der Waals surface area (Å²) in [6, 6.07) is 0. The molecule has 0 saturated carbocycles. The summed E-state index contributed by atoms with van der Waals surface area (Å²) in [4.78, 5) is 15.0. The number of aryl methyl sites for hydroxylation is 2. The summed E-state index contributed by atoms with van der Waals surface area (Å²) in [5.41, 5.74) is 6.23. The van der Waals surface area contributed by atoms with Gasteiger partial charge in [0.15, 0.2) is 0 Å². The maximum absolute atomic E-state index is 11.3. The van der Waals surface area contributed by atoms with E-state index in [9.17, 15) is 4.79 Å². The second-order valence-corrected chi connectivity index (χ2v) is 3.46. The van der Waals surface area contributed by atoms with Gasteiger partial charge in [0.05, 0.1) is 0 Å². The number of nitrogens with two attached hydrogens (primary N) is 1. The zero-order chi connectivity index (χ0) is 10.4.